The first-order chi connectivity index (χ1) is 18.8. The summed E-state index contributed by atoms with van der Waals surface area (Å²) in [6.45, 7) is 11.1. The number of halogens is 1. The Hall–Kier alpha value is -3.05. The zero-order chi connectivity index (χ0) is 31.9. The fraction of sp³-hybridized carbons (Fsp3) is 0.667. The minimum Gasteiger partial charge on any atom is -0.460 e. The van der Waals surface area contributed by atoms with Crippen LogP contribution in [0.1, 0.15) is 85.9 Å². The number of allylic oxidation sites excluding steroid dienone is 1. The first-order valence-electron chi connectivity index (χ1n) is 13.8. The minimum absolute atomic E-state index is 0. The lowest BCUT2D eigenvalue weighted by Crippen LogP contribution is -2.30. The third-order valence-corrected chi connectivity index (χ3v) is 5.59. The Kier molecular flexibility index (Phi) is 18.1. The second-order valence-corrected chi connectivity index (χ2v) is 12.5. The number of esters is 2. The van der Waals surface area contributed by atoms with Crippen molar-refractivity contribution in [3.05, 3.63) is 36.6 Å². The molecule has 2 aliphatic rings. The van der Waals surface area contributed by atoms with Crippen molar-refractivity contribution in [1.29, 1.82) is 5.41 Å². The second kappa shape index (κ2) is 18.5. The molecule has 2 aliphatic carbocycles. The van der Waals surface area contributed by atoms with Crippen LogP contribution < -0.4 is 11.1 Å². The lowest BCUT2D eigenvalue weighted by Gasteiger charge is -2.21. The number of aromatic nitrogens is 2. The van der Waals surface area contributed by atoms with Crippen LogP contribution in [-0.4, -0.2) is 78.3 Å². The standard InChI is InChI=1S/C13H18N2O2.C10H18N2O2.C5H9NO.C2H7N.ClH/c1-12(2,3)17-10(16)9-13(5-6-13)11-14-7-4-8-15-11;1-9(2,3)14-7(13)6-10(4-5-10)8(11)12;1-6(2)4-3-5-7;1-3-2;/h4,7-8H,5-6,9H2,1-3H3;4-6H2,1-3H3,(H3,11,12);3-5H,1-2H3;3H,1-2H3;1H/b;;4-3+;;. The van der Waals surface area contributed by atoms with Crippen LogP contribution in [0.2, 0.25) is 0 Å². The summed E-state index contributed by atoms with van der Waals surface area (Å²) >= 11 is 0. The van der Waals surface area contributed by atoms with Crippen LogP contribution in [0, 0.1) is 10.8 Å². The van der Waals surface area contributed by atoms with Crippen LogP contribution in [0.15, 0.2) is 30.7 Å². The lowest BCUT2D eigenvalue weighted by molar-refractivity contribution is -0.156. The van der Waals surface area contributed by atoms with Crippen molar-refractivity contribution in [3.8, 4) is 0 Å². The molecule has 0 atom stereocenters. The molecular formula is C30H53ClN6O5. The maximum absolute atomic E-state index is 11.8. The van der Waals surface area contributed by atoms with E-state index in [1.54, 1.807) is 29.6 Å². The highest BCUT2D eigenvalue weighted by atomic mass is 35.5. The maximum Gasteiger partial charge on any atom is 0.307 e. The molecule has 0 bridgehead atoms. The van der Waals surface area contributed by atoms with Crippen molar-refractivity contribution in [2.45, 2.75) is 96.7 Å². The number of amidine groups is 1. The number of aldehydes is 1. The van der Waals surface area contributed by atoms with Crippen molar-refractivity contribution in [2.75, 3.05) is 28.2 Å². The summed E-state index contributed by atoms with van der Waals surface area (Å²) in [5.41, 5.74) is 4.00. The Morgan fingerprint density at radius 2 is 1.40 bits per heavy atom. The van der Waals surface area contributed by atoms with E-state index in [1.807, 2.05) is 69.7 Å². The fourth-order valence-corrected chi connectivity index (χ4v) is 3.41. The summed E-state index contributed by atoms with van der Waals surface area (Å²) < 4.78 is 10.5. The molecule has 0 unspecified atom stereocenters. The highest BCUT2D eigenvalue weighted by Gasteiger charge is 2.49. The van der Waals surface area contributed by atoms with E-state index in [1.165, 1.54) is 6.08 Å². The third-order valence-electron chi connectivity index (χ3n) is 5.59. The number of carbonyl (C=O) groups is 3. The monoisotopic (exact) mass is 612 g/mol. The van der Waals surface area contributed by atoms with Crippen LogP contribution in [0.25, 0.3) is 0 Å². The molecule has 0 saturated heterocycles. The van der Waals surface area contributed by atoms with Gasteiger partial charge in [0.1, 0.15) is 23.3 Å². The van der Waals surface area contributed by atoms with Crippen molar-refractivity contribution >= 4 is 36.5 Å². The van der Waals surface area contributed by atoms with Gasteiger partial charge in [-0.25, -0.2) is 9.97 Å². The second-order valence-electron chi connectivity index (χ2n) is 12.5. The first-order valence-corrected chi connectivity index (χ1v) is 13.8. The average molecular weight is 613 g/mol. The molecule has 3 rings (SSSR count). The smallest absolute Gasteiger partial charge is 0.307 e. The van der Waals surface area contributed by atoms with E-state index in [4.69, 9.17) is 20.6 Å². The summed E-state index contributed by atoms with van der Waals surface area (Å²) in [6, 6.07) is 1.78. The molecule has 4 N–H and O–H groups in total. The van der Waals surface area contributed by atoms with E-state index >= 15 is 0 Å². The Morgan fingerprint density at radius 3 is 1.69 bits per heavy atom. The zero-order valence-corrected chi connectivity index (χ0v) is 27.9. The number of rotatable bonds is 8. The zero-order valence-electron chi connectivity index (χ0n) is 27.1. The SMILES string of the molecule is CC(C)(C)OC(=O)CC1(C(=N)N)CC1.CC(C)(C)OC(=O)CC1(c2ncccn2)CC1.CN(C)/C=C/C=O.CNC.Cl. The van der Waals surface area contributed by atoms with Gasteiger partial charge in [0.25, 0.3) is 0 Å². The van der Waals surface area contributed by atoms with E-state index in [2.05, 4.69) is 15.3 Å². The molecule has 0 radical (unpaired) electrons. The van der Waals surface area contributed by atoms with Crippen LogP contribution in [-0.2, 0) is 29.3 Å². The molecule has 0 amide bonds. The molecular weight excluding hydrogens is 560 g/mol. The Balaban J connectivity index is 0. The van der Waals surface area contributed by atoms with Crippen LogP contribution >= 0.6 is 12.4 Å². The highest BCUT2D eigenvalue weighted by molar-refractivity contribution is 5.90. The van der Waals surface area contributed by atoms with Crippen molar-refractivity contribution in [2.24, 2.45) is 11.1 Å². The number of ether oxygens (including phenoxy) is 2. The number of hydrogen-bond acceptors (Lipinski definition) is 10. The predicted molar refractivity (Wildman–Crippen MR) is 169 cm³/mol. The number of carbonyl (C=O) groups excluding carboxylic acids is 3. The van der Waals surface area contributed by atoms with Gasteiger partial charge in [-0.05, 0) is 93.5 Å². The lowest BCUT2D eigenvalue weighted by atomic mass is 10.0. The molecule has 0 spiro atoms. The van der Waals surface area contributed by atoms with Crippen LogP contribution in [0.4, 0.5) is 0 Å². The molecule has 11 nitrogen and oxygen atoms in total. The molecule has 1 aromatic rings. The van der Waals surface area contributed by atoms with Gasteiger partial charge in [0.2, 0.25) is 0 Å². The summed E-state index contributed by atoms with van der Waals surface area (Å²) in [6.07, 6.45) is 11.6. The van der Waals surface area contributed by atoms with Crippen molar-refractivity contribution in [3.63, 3.8) is 0 Å². The van der Waals surface area contributed by atoms with Gasteiger partial charge in [-0.1, -0.05) is 0 Å². The normalized spacial score (nSPS) is 15.4. The Bertz CT molecular complexity index is 996. The summed E-state index contributed by atoms with van der Waals surface area (Å²) in [7, 11) is 7.47. The van der Waals surface area contributed by atoms with E-state index < -0.39 is 11.2 Å². The molecule has 1 aromatic heterocycles. The fourth-order valence-electron chi connectivity index (χ4n) is 3.41. The van der Waals surface area contributed by atoms with Gasteiger partial charge in [-0.2, -0.15) is 0 Å². The maximum atomic E-state index is 11.8. The quantitative estimate of drug-likeness (QED) is 0.128. The van der Waals surface area contributed by atoms with Crippen LogP contribution in [0.3, 0.4) is 0 Å². The van der Waals surface area contributed by atoms with E-state index in [-0.39, 0.29) is 47.4 Å². The van der Waals surface area contributed by atoms with E-state index in [0.29, 0.717) is 6.42 Å². The minimum atomic E-state index is -0.454. The van der Waals surface area contributed by atoms with Gasteiger partial charge in [-0.15, -0.1) is 12.4 Å². The topological polar surface area (TPSA) is 161 Å². The molecule has 0 aromatic carbocycles. The molecule has 2 saturated carbocycles. The number of nitrogens with zero attached hydrogens (tertiary/aromatic N) is 3. The van der Waals surface area contributed by atoms with Gasteiger partial charge >= 0.3 is 11.9 Å². The Labute approximate surface area is 258 Å². The molecule has 12 heteroatoms. The highest BCUT2D eigenvalue weighted by Crippen LogP contribution is 2.50. The van der Waals surface area contributed by atoms with Gasteiger partial charge in [0, 0.05) is 43.5 Å². The average Bonchev–Trinajstić information content (AvgIpc) is 3.75. The molecule has 42 heavy (non-hydrogen) atoms. The molecule has 2 fully saturated rings. The van der Waals surface area contributed by atoms with Crippen molar-refractivity contribution in [1.82, 2.24) is 20.2 Å². The van der Waals surface area contributed by atoms with Gasteiger partial charge in [0.15, 0.2) is 0 Å². The van der Waals surface area contributed by atoms with Gasteiger partial charge in [0.05, 0.1) is 18.7 Å². The number of hydrogen-bond donors (Lipinski definition) is 3. The molecule has 240 valence electrons. The van der Waals surface area contributed by atoms with E-state index in [0.717, 1.165) is 37.8 Å². The van der Waals surface area contributed by atoms with Gasteiger partial charge in [-0.3, -0.25) is 19.8 Å². The van der Waals surface area contributed by atoms with Crippen LogP contribution in [0.5, 0.6) is 0 Å². The number of nitrogens with two attached hydrogens (primary N) is 1. The van der Waals surface area contributed by atoms with E-state index in [9.17, 15) is 14.4 Å². The summed E-state index contributed by atoms with van der Waals surface area (Å²) in [4.78, 5) is 43.1. The summed E-state index contributed by atoms with van der Waals surface area (Å²) in [5.74, 6) is 0.460. The van der Waals surface area contributed by atoms with Gasteiger partial charge < -0.3 is 25.4 Å². The number of nitrogens with one attached hydrogen (secondary N) is 2. The first kappa shape index (κ1) is 41.1. The molecule has 1 heterocycles. The molecule has 0 aliphatic heterocycles. The Morgan fingerprint density at radius 1 is 0.976 bits per heavy atom. The summed E-state index contributed by atoms with van der Waals surface area (Å²) in [5, 5.41) is 10.1. The predicted octanol–water partition coefficient (Wildman–Crippen LogP) is 4.19. The largest absolute Gasteiger partial charge is 0.460 e. The third kappa shape index (κ3) is 18.4. The van der Waals surface area contributed by atoms with Crippen molar-refractivity contribution < 1.29 is 23.9 Å².